The van der Waals surface area contributed by atoms with Gasteiger partial charge in [0, 0.05) is 24.2 Å². The van der Waals surface area contributed by atoms with Crippen LogP contribution >= 0.6 is 11.8 Å². The van der Waals surface area contributed by atoms with Gasteiger partial charge >= 0.3 is 0 Å². The summed E-state index contributed by atoms with van der Waals surface area (Å²) in [6.45, 7) is 2.09. The van der Waals surface area contributed by atoms with Crippen molar-refractivity contribution >= 4 is 23.5 Å². The highest BCUT2D eigenvalue weighted by atomic mass is 32.2. The molecule has 26 heavy (non-hydrogen) atoms. The molecule has 1 fully saturated rings. The van der Waals surface area contributed by atoms with Crippen molar-refractivity contribution in [3.8, 4) is 0 Å². The molecule has 0 bridgehead atoms. The van der Waals surface area contributed by atoms with Crippen LogP contribution in [0.5, 0.6) is 0 Å². The van der Waals surface area contributed by atoms with Crippen LogP contribution in [-0.2, 0) is 6.54 Å². The Morgan fingerprint density at radius 2 is 1.96 bits per heavy atom. The van der Waals surface area contributed by atoms with Crippen LogP contribution in [0.4, 0.5) is 14.6 Å². The lowest BCUT2D eigenvalue weighted by molar-refractivity contribution is 0.0947. The van der Waals surface area contributed by atoms with E-state index in [2.05, 4.69) is 20.2 Å². The lowest BCUT2D eigenvalue weighted by atomic mass is 10.1. The first-order valence-electron chi connectivity index (χ1n) is 8.52. The molecule has 1 aliphatic heterocycles. The molecule has 1 aliphatic rings. The number of nitrogens with one attached hydrogen (secondary N) is 1. The number of rotatable bonds is 6. The van der Waals surface area contributed by atoms with Crippen molar-refractivity contribution in [1.29, 1.82) is 0 Å². The van der Waals surface area contributed by atoms with E-state index in [0.717, 1.165) is 31.7 Å². The molecule has 0 unspecified atom stereocenters. The molecule has 1 aromatic heterocycles. The van der Waals surface area contributed by atoms with E-state index < -0.39 is 11.7 Å². The summed E-state index contributed by atoms with van der Waals surface area (Å²) in [6, 6.07) is 8.19. The number of halogens is 2. The Morgan fingerprint density at radius 3 is 2.73 bits per heavy atom. The predicted octanol–water partition coefficient (Wildman–Crippen LogP) is 3.71. The molecule has 0 atom stereocenters. The maximum atomic E-state index is 12.6. The highest BCUT2D eigenvalue weighted by molar-refractivity contribution is 7.99. The molecular weight excluding hydrogens is 358 g/mol. The summed E-state index contributed by atoms with van der Waals surface area (Å²) >= 11 is 0.364. The third kappa shape index (κ3) is 4.91. The largest absolute Gasteiger partial charge is 0.357 e. The lowest BCUT2D eigenvalue weighted by Crippen LogP contribution is -2.31. The first kappa shape index (κ1) is 18.6. The molecule has 1 saturated heterocycles. The molecule has 0 saturated carbocycles. The van der Waals surface area contributed by atoms with E-state index in [0.29, 0.717) is 17.6 Å². The van der Waals surface area contributed by atoms with Crippen LogP contribution in [0.2, 0.25) is 0 Å². The number of carbonyl (C=O) groups is 1. The average molecular weight is 378 g/mol. The van der Waals surface area contributed by atoms with Gasteiger partial charge in [-0.1, -0.05) is 23.9 Å². The van der Waals surface area contributed by atoms with Crippen LogP contribution in [0.15, 0.2) is 41.4 Å². The molecule has 3 rings (SSSR count). The maximum absolute atomic E-state index is 12.6. The second-order valence-corrected chi connectivity index (χ2v) is 6.97. The SMILES string of the molecule is O=C(NCc1nccc(N2CCCCC2)n1)c1ccccc1SC(F)F. The van der Waals surface area contributed by atoms with Crippen molar-refractivity contribution in [2.24, 2.45) is 0 Å². The molecule has 2 aromatic rings. The number of anilines is 1. The summed E-state index contributed by atoms with van der Waals surface area (Å²) in [5, 5.41) is 2.72. The number of carbonyl (C=O) groups excluding carboxylic acids is 1. The van der Waals surface area contributed by atoms with Crippen molar-refractivity contribution < 1.29 is 13.6 Å². The number of amides is 1. The average Bonchev–Trinajstić information content (AvgIpc) is 2.67. The van der Waals surface area contributed by atoms with Gasteiger partial charge in [-0.05, 0) is 37.5 Å². The number of hydrogen-bond donors (Lipinski definition) is 1. The van der Waals surface area contributed by atoms with E-state index in [4.69, 9.17) is 0 Å². The van der Waals surface area contributed by atoms with E-state index in [1.807, 2.05) is 6.07 Å². The Labute approximate surface area is 155 Å². The number of piperidine rings is 1. The van der Waals surface area contributed by atoms with Gasteiger partial charge in [-0.15, -0.1) is 0 Å². The molecule has 5 nitrogen and oxygen atoms in total. The summed E-state index contributed by atoms with van der Waals surface area (Å²) < 4.78 is 25.3. The Bertz CT molecular complexity index is 753. The minimum absolute atomic E-state index is 0.147. The molecular formula is C18H20F2N4OS. The van der Waals surface area contributed by atoms with Crippen LogP contribution in [0.3, 0.4) is 0 Å². The van der Waals surface area contributed by atoms with E-state index in [1.54, 1.807) is 18.3 Å². The quantitative estimate of drug-likeness (QED) is 0.777. The van der Waals surface area contributed by atoms with Crippen molar-refractivity contribution in [3.63, 3.8) is 0 Å². The predicted molar refractivity (Wildman–Crippen MR) is 97.6 cm³/mol. The van der Waals surface area contributed by atoms with Gasteiger partial charge in [-0.25, -0.2) is 9.97 Å². The van der Waals surface area contributed by atoms with E-state index in [9.17, 15) is 13.6 Å². The number of nitrogens with zero attached hydrogens (tertiary/aromatic N) is 3. The zero-order chi connectivity index (χ0) is 18.4. The fourth-order valence-corrected chi connectivity index (χ4v) is 3.52. The van der Waals surface area contributed by atoms with Gasteiger partial charge in [0.15, 0.2) is 0 Å². The van der Waals surface area contributed by atoms with Gasteiger partial charge in [0.1, 0.15) is 11.6 Å². The van der Waals surface area contributed by atoms with Gasteiger partial charge in [-0.2, -0.15) is 8.78 Å². The Hall–Kier alpha value is -2.22. The Balaban J connectivity index is 1.65. The molecule has 1 N–H and O–H groups in total. The van der Waals surface area contributed by atoms with Crippen LogP contribution in [0, 0.1) is 0 Å². The topological polar surface area (TPSA) is 58.1 Å². The van der Waals surface area contributed by atoms with Crippen LogP contribution in [-0.4, -0.2) is 34.7 Å². The smallest absolute Gasteiger partial charge is 0.288 e. The van der Waals surface area contributed by atoms with Crippen molar-refractivity contribution in [2.45, 2.75) is 36.5 Å². The third-order valence-electron chi connectivity index (χ3n) is 4.13. The third-order valence-corrected chi connectivity index (χ3v) is 4.91. The van der Waals surface area contributed by atoms with E-state index in [-0.39, 0.29) is 17.0 Å². The standard InChI is InChI=1S/C18H20F2N4OS/c19-18(20)26-14-7-3-2-6-13(14)17(25)22-12-15-21-9-8-16(23-15)24-10-4-1-5-11-24/h2-3,6-9,18H,1,4-5,10-12H2,(H,22,25). The number of alkyl halides is 2. The summed E-state index contributed by atoms with van der Waals surface area (Å²) in [7, 11) is 0. The van der Waals surface area contributed by atoms with Gasteiger partial charge in [0.2, 0.25) is 0 Å². The Morgan fingerprint density at radius 1 is 1.19 bits per heavy atom. The fraction of sp³-hybridized carbons (Fsp3) is 0.389. The first-order valence-corrected chi connectivity index (χ1v) is 9.40. The first-order chi connectivity index (χ1) is 12.6. The van der Waals surface area contributed by atoms with Crippen molar-refractivity contribution in [3.05, 3.63) is 47.9 Å². The van der Waals surface area contributed by atoms with Crippen molar-refractivity contribution in [1.82, 2.24) is 15.3 Å². The van der Waals surface area contributed by atoms with Crippen LogP contribution in [0.25, 0.3) is 0 Å². The molecule has 138 valence electrons. The molecule has 8 heteroatoms. The Kier molecular flexibility index (Phi) is 6.38. The highest BCUT2D eigenvalue weighted by Gasteiger charge is 2.16. The van der Waals surface area contributed by atoms with Gasteiger partial charge in [0.25, 0.3) is 11.7 Å². The van der Waals surface area contributed by atoms with E-state index >= 15 is 0 Å². The molecule has 1 amide bonds. The number of thioether (sulfide) groups is 1. The van der Waals surface area contributed by atoms with Gasteiger partial charge < -0.3 is 10.2 Å². The molecule has 0 spiro atoms. The second kappa shape index (κ2) is 8.93. The molecule has 0 radical (unpaired) electrons. The molecule has 2 heterocycles. The molecule has 1 aromatic carbocycles. The normalized spacial score (nSPS) is 14.5. The minimum atomic E-state index is -2.58. The van der Waals surface area contributed by atoms with Crippen molar-refractivity contribution in [2.75, 3.05) is 18.0 Å². The van der Waals surface area contributed by atoms with Gasteiger partial charge in [0.05, 0.1) is 12.1 Å². The summed E-state index contributed by atoms with van der Waals surface area (Å²) in [6.07, 6.45) is 5.21. The van der Waals surface area contributed by atoms with Gasteiger partial charge in [-0.3, -0.25) is 4.79 Å². The monoisotopic (exact) mass is 378 g/mol. The number of aromatic nitrogens is 2. The number of hydrogen-bond acceptors (Lipinski definition) is 5. The zero-order valence-corrected chi connectivity index (χ0v) is 15.0. The fourth-order valence-electron chi connectivity index (χ4n) is 2.88. The summed E-state index contributed by atoms with van der Waals surface area (Å²) in [4.78, 5) is 23.5. The van der Waals surface area contributed by atoms with Crippen LogP contribution in [0.1, 0.15) is 35.4 Å². The van der Waals surface area contributed by atoms with Crippen LogP contribution < -0.4 is 10.2 Å². The molecule has 0 aliphatic carbocycles. The number of benzene rings is 1. The lowest BCUT2D eigenvalue weighted by Gasteiger charge is -2.27. The summed E-state index contributed by atoms with van der Waals surface area (Å²) in [5.41, 5.74) is 0.227. The van der Waals surface area contributed by atoms with E-state index in [1.165, 1.54) is 18.6 Å². The second-order valence-electron chi connectivity index (χ2n) is 5.94. The zero-order valence-electron chi connectivity index (χ0n) is 14.2. The highest BCUT2D eigenvalue weighted by Crippen LogP contribution is 2.28. The summed E-state index contributed by atoms with van der Waals surface area (Å²) in [5.74, 6) is -1.63. The maximum Gasteiger partial charge on any atom is 0.288 e. The minimum Gasteiger partial charge on any atom is -0.357 e.